The average molecular weight is 470 g/mol. The number of nitrogens with one attached hydrogen (secondary N) is 1. The quantitative estimate of drug-likeness (QED) is 0.719. The van der Waals surface area contributed by atoms with E-state index in [1.165, 1.54) is 6.33 Å². The number of methoxy groups -OCH3 is 1. The zero-order chi connectivity index (χ0) is 24.7. The number of carbonyl (C=O) groups excluding carboxylic acids is 2. The van der Waals surface area contributed by atoms with Crippen LogP contribution in [0.3, 0.4) is 0 Å². The van der Waals surface area contributed by atoms with Gasteiger partial charge in [-0.1, -0.05) is 13.8 Å². The fourth-order valence-corrected chi connectivity index (χ4v) is 4.04. The van der Waals surface area contributed by atoms with Gasteiger partial charge in [-0.3, -0.25) is 14.5 Å². The molecule has 0 saturated heterocycles. The van der Waals surface area contributed by atoms with E-state index >= 15 is 0 Å². The van der Waals surface area contributed by atoms with Crippen molar-refractivity contribution >= 4 is 17.5 Å². The summed E-state index contributed by atoms with van der Waals surface area (Å²) in [6.07, 6.45) is 5.39. The van der Waals surface area contributed by atoms with Crippen molar-refractivity contribution in [2.24, 2.45) is 5.92 Å². The Morgan fingerprint density at radius 2 is 1.97 bits per heavy atom. The standard InChI is InChI=1S/C25H35N5O4/c1-6-24(31)28-20-7-8-21-22(9-20)34-15-18(3)30(13-19-10-26-16-27-11-19)12-17(2)23(33-5)14-29(4)25(21)32/h7-11,16-18,23H,6,12-15H2,1-5H3,(H,28,31)/t17-,18+,23-/m0/s1. The normalized spacial score (nSPS) is 22.2. The largest absolute Gasteiger partial charge is 0.491 e. The average Bonchev–Trinajstić information content (AvgIpc) is 2.84. The number of anilines is 1. The molecule has 0 saturated carbocycles. The van der Waals surface area contributed by atoms with Crippen LogP contribution in [-0.4, -0.2) is 77.6 Å². The van der Waals surface area contributed by atoms with Crippen LogP contribution >= 0.6 is 0 Å². The molecule has 9 nitrogen and oxygen atoms in total. The molecule has 0 bridgehead atoms. The minimum absolute atomic E-state index is 0.0363. The number of rotatable bonds is 5. The summed E-state index contributed by atoms with van der Waals surface area (Å²) in [6.45, 7) is 8.25. The van der Waals surface area contributed by atoms with Crippen molar-refractivity contribution in [2.75, 3.05) is 39.2 Å². The highest BCUT2D eigenvalue weighted by molar-refractivity contribution is 5.98. The van der Waals surface area contributed by atoms with Gasteiger partial charge < -0.3 is 19.7 Å². The lowest BCUT2D eigenvalue weighted by atomic mass is 10.0. The highest BCUT2D eigenvalue weighted by Crippen LogP contribution is 2.27. The zero-order valence-electron chi connectivity index (χ0n) is 20.7. The Balaban J connectivity index is 1.94. The molecule has 1 aliphatic heterocycles. The monoisotopic (exact) mass is 469 g/mol. The zero-order valence-corrected chi connectivity index (χ0v) is 20.7. The van der Waals surface area contributed by atoms with E-state index < -0.39 is 0 Å². The number of aromatic nitrogens is 2. The van der Waals surface area contributed by atoms with Crippen molar-refractivity contribution in [1.82, 2.24) is 19.8 Å². The molecule has 34 heavy (non-hydrogen) atoms. The van der Waals surface area contributed by atoms with Crippen LogP contribution in [0.5, 0.6) is 5.75 Å². The van der Waals surface area contributed by atoms with Gasteiger partial charge in [-0.25, -0.2) is 9.97 Å². The lowest BCUT2D eigenvalue weighted by Crippen LogP contribution is -2.46. The third-order valence-corrected chi connectivity index (χ3v) is 6.18. The Hall–Kier alpha value is -3.04. The molecule has 0 aliphatic carbocycles. The maximum absolute atomic E-state index is 13.3. The molecule has 0 radical (unpaired) electrons. The number of benzene rings is 1. The molecule has 0 unspecified atom stereocenters. The first kappa shape index (κ1) is 25.6. The van der Waals surface area contributed by atoms with Gasteiger partial charge in [-0.2, -0.15) is 0 Å². The van der Waals surface area contributed by atoms with E-state index in [2.05, 4.69) is 34.0 Å². The van der Waals surface area contributed by atoms with E-state index in [1.807, 2.05) is 12.4 Å². The number of carbonyl (C=O) groups is 2. The Morgan fingerprint density at radius 1 is 1.24 bits per heavy atom. The van der Waals surface area contributed by atoms with Crippen LogP contribution < -0.4 is 10.1 Å². The number of hydrogen-bond acceptors (Lipinski definition) is 7. The van der Waals surface area contributed by atoms with Crippen LogP contribution in [0.4, 0.5) is 5.69 Å². The Bertz CT molecular complexity index is 971. The van der Waals surface area contributed by atoms with E-state index in [4.69, 9.17) is 9.47 Å². The summed E-state index contributed by atoms with van der Waals surface area (Å²) >= 11 is 0. The topological polar surface area (TPSA) is 96.9 Å². The van der Waals surface area contributed by atoms with Crippen molar-refractivity contribution in [3.05, 3.63) is 48.0 Å². The van der Waals surface area contributed by atoms with Gasteiger partial charge in [0.05, 0.1) is 11.7 Å². The molecule has 2 amide bonds. The van der Waals surface area contributed by atoms with Gasteiger partial charge in [0.1, 0.15) is 18.7 Å². The van der Waals surface area contributed by atoms with Crippen LogP contribution in [0.15, 0.2) is 36.9 Å². The first-order valence-electron chi connectivity index (χ1n) is 11.6. The third kappa shape index (κ3) is 6.51. The number of hydrogen-bond donors (Lipinski definition) is 1. The number of nitrogens with zero attached hydrogens (tertiary/aromatic N) is 4. The summed E-state index contributed by atoms with van der Waals surface area (Å²) in [5.74, 6) is 0.364. The predicted octanol–water partition coefficient (Wildman–Crippen LogP) is 2.83. The molecule has 2 heterocycles. The number of ether oxygens (including phenoxy) is 2. The van der Waals surface area contributed by atoms with Crippen molar-refractivity contribution in [1.29, 1.82) is 0 Å². The number of fused-ring (bicyclic) bond motifs is 1. The maximum atomic E-state index is 13.3. The lowest BCUT2D eigenvalue weighted by Gasteiger charge is -2.36. The summed E-state index contributed by atoms with van der Waals surface area (Å²) in [7, 11) is 3.45. The van der Waals surface area contributed by atoms with E-state index in [1.54, 1.807) is 44.2 Å². The molecule has 1 N–H and O–H groups in total. The van der Waals surface area contributed by atoms with Crippen LogP contribution in [0.1, 0.15) is 43.1 Å². The van der Waals surface area contributed by atoms with Crippen LogP contribution in [0.25, 0.3) is 0 Å². The summed E-state index contributed by atoms with van der Waals surface area (Å²) in [5, 5.41) is 2.84. The first-order valence-corrected chi connectivity index (χ1v) is 11.6. The van der Waals surface area contributed by atoms with Crippen molar-refractivity contribution < 1.29 is 19.1 Å². The second-order valence-corrected chi connectivity index (χ2v) is 8.89. The molecule has 0 spiro atoms. The fraction of sp³-hybridized carbons (Fsp3) is 0.520. The Labute approximate surface area is 201 Å². The summed E-state index contributed by atoms with van der Waals surface area (Å²) in [5.41, 5.74) is 2.07. The van der Waals surface area contributed by atoms with E-state index in [0.717, 1.165) is 12.1 Å². The fourth-order valence-electron chi connectivity index (χ4n) is 4.04. The highest BCUT2D eigenvalue weighted by atomic mass is 16.5. The Morgan fingerprint density at radius 3 is 2.65 bits per heavy atom. The molecule has 1 aromatic carbocycles. The molecule has 184 valence electrons. The maximum Gasteiger partial charge on any atom is 0.257 e. The van der Waals surface area contributed by atoms with Crippen molar-refractivity contribution in [2.45, 2.75) is 45.9 Å². The number of amides is 2. The first-order chi connectivity index (χ1) is 16.3. The summed E-state index contributed by atoms with van der Waals surface area (Å²) in [4.78, 5) is 37.4. The van der Waals surface area contributed by atoms with Gasteiger partial charge in [-0.15, -0.1) is 0 Å². The molecule has 3 atom stereocenters. The molecule has 2 aromatic rings. The van der Waals surface area contributed by atoms with Gasteiger partial charge in [0.25, 0.3) is 5.91 Å². The molecule has 0 fully saturated rings. The minimum atomic E-state index is -0.149. The third-order valence-electron chi connectivity index (χ3n) is 6.18. The SMILES string of the molecule is CCC(=O)Nc1ccc2c(c1)OC[C@@H](C)N(Cc1cncnc1)C[C@H](C)[C@@H](OC)CN(C)C2=O. The van der Waals surface area contributed by atoms with Gasteiger partial charge >= 0.3 is 0 Å². The summed E-state index contributed by atoms with van der Waals surface area (Å²) < 4.78 is 12.0. The van der Waals surface area contributed by atoms with E-state index in [0.29, 0.717) is 43.1 Å². The molecule has 3 rings (SSSR count). The molecule has 1 aromatic heterocycles. The second-order valence-electron chi connectivity index (χ2n) is 8.89. The molecule has 1 aliphatic rings. The van der Waals surface area contributed by atoms with E-state index in [9.17, 15) is 9.59 Å². The van der Waals surface area contributed by atoms with Crippen LogP contribution in [-0.2, 0) is 16.1 Å². The van der Waals surface area contributed by atoms with Gasteiger partial charge in [0.15, 0.2) is 0 Å². The van der Waals surface area contributed by atoms with Crippen molar-refractivity contribution in [3.8, 4) is 5.75 Å². The van der Waals surface area contributed by atoms with Crippen molar-refractivity contribution in [3.63, 3.8) is 0 Å². The van der Waals surface area contributed by atoms with Crippen LogP contribution in [0, 0.1) is 5.92 Å². The lowest BCUT2D eigenvalue weighted by molar-refractivity contribution is -0.115. The predicted molar refractivity (Wildman–Crippen MR) is 130 cm³/mol. The van der Waals surface area contributed by atoms with Crippen LogP contribution in [0.2, 0.25) is 0 Å². The van der Waals surface area contributed by atoms with Gasteiger partial charge in [0, 0.05) is 76.0 Å². The second kappa shape index (κ2) is 11.9. The minimum Gasteiger partial charge on any atom is -0.491 e. The number of likely N-dealkylation sites (N-methyl/N-ethyl adjacent to an activating group) is 1. The van der Waals surface area contributed by atoms with Gasteiger partial charge in [-0.05, 0) is 25.0 Å². The van der Waals surface area contributed by atoms with E-state index in [-0.39, 0.29) is 29.9 Å². The summed E-state index contributed by atoms with van der Waals surface area (Å²) in [6, 6.07) is 5.20. The smallest absolute Gasteiger partial charge is 0.257 e. The van der Waals surface area contributed by atoms with Gasteiger partial charge in [0.2, 0.25) is 5.91 Å². The molecular weight excluding hydrogens is 434 g/mol. The molecule has 9 heteroatoms. The highest BCUT2D eigenvalue weighted by Gasteiger charge is 2.28. The molecular formula is C25H35N5O4. The Kier molecular flexibility index (Phi) is 8.95.